The standard InChI is InChI=1S/C11H16O7/c1-8(10(17)18-9(16)4-12)2-3-11(5-13,6-14)7-15/h4,13-15H,1-3,5-7H2. The predicted molar refractivity (Wildman–Crippen MR) is 59.2 cm³/mol. The van der Waals surface area contributed by atoms with Gasteiger partial charge >= 0.3 is 11.9 Å². The van der Waals surface area contributed by atoms with Crippen molar-refractivity contribution in [2.24, 2.45) is 5.41 Å². The van der Waals surface area contributed by atoms with Crippen molar-refractivity contribution < 1.29 is 34.4 Å². The molecule has 18 heavy (non-hydrogen) atoms. The Morgan fingerprint density at radius 1 is 1.17 bits per heavy atom. The van der Waals surface area contributed by atoms with Crippen LogP contribution in [0.1, 0.15) is 12.8 Å². The van der Waals surface area contributed by atoms with E-state index in [1.54, 1.807) is 0 Å². The van der Waals surface area contributed by atoms with Crippen LogP contribution in [-0.2, 0) is 19.1 Å². The lowest BCUT2D eigenvalue weighted by Crippen LogP contribution is -2.34. The van der Waals surface area contributed by atoms with Crippen LogP contribution in [0.2, 0.25) is 0 Å². The van der Waals surface area contributed by atoms with Gasteiger partial charge in [0.15, 0.2) is 0 Å². The average molecular weight is 260 g/mol. The van der Waals surface area contributed by atoms with E-state index in [9.17, 15) is 14.4 Å². The third-order valence-corrected chi connectivity index (χ3v) is 2.54. The highest BCUT2D eigenvalue weighted by atomic mass is 16.6. The molecule has 0 amide bonds. The summed E-state index contributed by atoms with van der Waals surface area (Å²) in [5.74, 6) is -2.37. The largest absolute Gasteiger partial charge is 0.396 e. The lowest BCUT2D eigenvalue weighted by molar-refractivity contribution is -0.159. The van der Waals surface area contributed by atoms with Crippen molar-refractivity contribution in [2.75, 3.05) is 19.8 Å². The molecule has 0 heterocycles. The molecule has 7 heteroatoms. The van der Waals surface area contributed by atoms with Crippen molar-refractivity contribution in [1.29, 1.82) is 0 Å². The molecule has 0 fully saturated rings. The van der Waals surface area contributed by atoms with Crippen molar-refractivity contribution in [3.05, 3.63) is 12.2 Å². The first-order valence-electron chi connectivity index (χ1n) is 5.16. The summed E-state index contributed by atoms with van der Waals surface area (Å²) in [7, 11) is 0. The molecule has 0 saturated heterocycles. The molecular formula is C11H16O7. The SMILES string of the molecule is C=C(CCC(CO)(CO)CO)C(=O)OC(=O)C=O. The summed E-state index contributed by atoms with van der Waals surface area (Å²) in [6, 6.07) is 0. The highest BCUT2D eigenvalue weighted by molar-refractivity contribution is 6.23. The van der Waals surface area contributed by atoms with Gasteiger partial charge in [-0.15, -0.1) is 0 Å². The Morgan fingerprint density at radius 2 is 1.67 bits per heavy atom. The second-order valence-electron chi connectivity index (χ2n) is 3.90. The average Bonchev–Trinajstić information content (AvgIpc) is 2.40. The van der Waals surface area contributed by atoms with E-state index in [1.807, 2.05) is 0 Å². The minimum absolute atomic E-state index is 0.00660. The van der Waals surface area contributed by atoms with Crippen LogP contribution in [0.15, 0.2) is 12.2 Å². The summed E-state index contributed by atoms with van der Waals surface area (Å²) in [5.41, 5.74) is -1.22. The Kier molecular flexibility index (Phi) is 7.03. The van der Waals surface area contributed by atoms with Crippen LogP contribution < -0.4 is 0 Å². The number of aliphatic hydroxyl groups excluding tert-OH is 3. The van der Waals surface area contributed by atoms with Crippen molar-refractivity contribution in [1.82, 2.24) is 0 Å². The topological polar surface area (TPSA) is 121 Å². The molecule has 0 aliphatic rings. The smallest absolute Gasteiger partial charge is 0.379 e. The lowest BCUT2D eigenvalue weighted by Gasteiger charge is -2.27. The molecule has 0 saturated carbocycles. The predicted octanol–water partition coefficient (Wildman–Crippen LogP) is -1.45. The van der Waals surface area contributed by atoms with Gasteiger partial charge in [0.05, 0.1) is 19.8 Å². The molecule has 0 aromatic carbocycles. The summed E-state index contributed by atoms with van der Waals surface area (Å²) >= 11 is 0. The Bertz CT molecular complexity index is 322. The second-order valence-corrected chi connectivity index (χ2v) is 3.90. The fraction of sp³-hybridized carbons (Fsp3) is 0.545. The van der Waals surface area contributed by atoms with Crippen LogP contribution in [0, 0.1) is 5.41 Å². The molecule has 0 bridgehead atoms. The summed E-state index contributed by atoms with van der Waals surface area (Å²) in [6.45, 7) is 1.97. The zero-order valence-electron chi connectivity index (χ0n) is 9.79. The number of ether oxygens (including phenoxy) is 1. The Labute approximate surface area is 104 Å². The number of hydrogen-bond acceptors (Lipinski definition) is 7. The molecule has 0 aliphatic carbocycles. The minimum atomic E-state index is -1.32. The highest BCUT2D eigenvalue weighted by Gasteiger charge is 2.28. The van der Waals surface area contributed by atoms with Gasteiger partial charge in [0.2, 0.25) is 6.29 Å². The lowest BCUT2D eigenvalue weighted by atomic mass is 9.84. The molecular weight excluding hydrogens is 244 g/mol. The first kappa shape index (κ1) is 16.4. The van der Waals surface area contributed by atoms with Crippen molar-refractivity contribution in [2.45, 2.75) is 12.8 Å². The van der Waals surface area contributed by atoms with Gasteiger partial charge in [-0.25, -0.2) is 9.59 Å². The highest BCUT2D eigenvalue weighted by Crippen LogP contribution is 2.24. The first-order valence-corrected chi connectivity index (χ1v) is 5.16. The van der Waals surface area contributed by atoms with Crippen LogP contribution in [0.4, 0.5) is 0 Å². The molecule has 102 valence electrons. The Balaban J connectivity index is 4.36. The van der Waals surface area contributed by atoms with Crippen molar-refractivity contribution in [3.63, 3.8) is 0 Å². The fourth-order valence-corrected chi connectivity index (χ4v) is 1.09. The Hall–Kier alpha value is -1.57. The molecule has 3 N–H and O–H groups in total. The fourth-order valence-electron chi connectivity index (χ4n) is 1.09. The van der Waals surface area contributed by atoms with Crippen molar-refractivity contribution in [3.8, 4) is 0 Å². The van der Waals surface area contributed by atoms with Crippen LogP contribution >= 0.6 is 0 Å². The van der Waals surface area contributed by atoms with E-state index in [4.69, 9.17) is 15.3 Å². The van der Waals surface area contributed by atoms with Gasteiger partial charge in [-0.1, -0.05) is 6.58 Å². The van der Waals surface area contributed by atoms with E-state index < -0.39 is 37.2 Å². The summed E-state index contributed by atoms with van der Waals surface area (Å²) in [5, 5.41) is 27.1. The molecule has 0 aromatic rings. The van der Waals surface area contributed by atoms with Gasteiger partial charge in [0.1, 0.15) is 0 Å². The van der Waals surface area contributed by atoms with Gasteiger partial charge < -0.3 is 20.1 Å². The first-order chi connectivity index (χ1) is 8.44. The number of esters is 2. The van der Waals surface area contributed by atoms with Crippen LogP contribution in [0.3, 0.4) is 0 Å². The molecule has 0 spiro atoms. The number of aliphatic hydroxyl groups is 3. The van der Waals surface area contributed by atoms with Gasteiger partial charge in [-0.3, -0.25) is 4.79 Å². The maximum atomic E-state index is 11.2. The molecule has 0 unspecified atom stereocenters. The summed E-state index contributed by atoms with van der Waals surface area (Å²) < 4.78 is 4.09. The second kappa shape index (κ2) is 7.70. The van der Waals surface area contributed by atoms with Crippen LogP contribution in [-0.4, -0.2) is 53.4 Å². The van der Waals surface area contributed by atoms with Gasteiger partial charge in [0.25, 0.3) is 0 Å². The third kappa shape index (κ3) is 4.74. The zero-order chi connectivity index (χ0) is 14.2. The van der Waals surface area contributed by atoms with Crippen LogP contribution in [0.25, 0.3) is 0 Å². The van der Waals surface area contributed by atoms with Gasteiger partial charge in [-0.05, 0) is 12.8 Å². The normalized spacial score (nSPS) is 10.8. The minimum Gasteiger partial charge on any atom is -0.396 e. The quantitative estimate of drug-likeness (QED) is 0.160. The number of hydrogen-bond donors (Lipinski definition) is 3. The number of carbonyl (C=O) groups excluding carboxylic acids is 3. The van der Waals surface area contributed by atoms with Gasteiger partial charge in [-0.2, -0.15) is 0 Å². The number of carbonyl (C=O) groups is 3. The monoisotopic (exact) mass is 260 g/mol. The number of rotatable bonds is 8. The molecule has 0 rings (SSSR count). The molecule has 7 nitrogen and oxygen atoms in total. The maximum absolute atomic E-state index is 11.2. The third-order valence-electron chi connectivity index (χ3n) is 2.54. The molecule has 0 aromatic heterocycles. The Morgan fingerprint density at radius 3 is 2.06 bits per heavy atom. The number of aldehydes is 1. The van der Waals surface area contributed by atoms with E-state index in [1.165, 1.54) is 0 Å². The molecule has 0 atom stereocenters. The van der Waals surface area contributed by atoms with Crippen molar-refractivity contribution >= 4 is 18.2 Å². The summed E-state index contributed by atoms with van der Waals surface area (Å²) in [4.78, 5) is 31.7. The molecule has 0 aliphatic heterocycles. The van der Waals surface area contributed by atoms with Gasteiger partial charge in [0, 0.05) is 11.0 Å². The van der Waals surface area contributed by atoms with E-state index in [-0.39, 0.29) is 24.7 Å². The maximum Gasteiger partial charge on any atom is 0.379 e. The van der Waals surface area contributed by atoms with Crippen LogP contribution in [0.5, 0.6) is 0 Å². The van der Waals surface area contributed by atoms with E-state index >= 15 is 0 Å². The van der Waals surface area contributed by atoms with E-state index in [0.29, 0.717) is 0 Å². The summed E-state index contributed by atoms with van der Waals surface area (Å²) in [6.07, 6.45) is -0.0585. The zero-order valence-corrected chi connectivity index (χ0v) is 9.79. The van der Waals surface area contributed by atoms with E-state index in [2.05, 4.69) is 11.3 Å². The molecule has 0 radical (unpaired) electrons. The van der Waals surface area contributed by atoms with E-state index in [0.717, 1.165) is 0 Å².